The molecule has 0 unspecified atom stereocenters. The standard InChI is InChI=1S/C28H36ClN5O2/c1-32(2)17-18-34(28(35)30-23-14-10-13-22(29)19-23)20-25-26(21-11-6-4-7-12-21)31-36-27(25)33(3)24-15-8-5-9-16-24/h4,6-7,10-14,19,24H,5,8-9,15-18,20H2,1-3H3,(H,30,35). The molecular formula is C28H36ClN5O2. The van der Waals surface area contributed by atoms with E-state index >= 15 is 0 Å². The van der Waals surface area contributed by atoms with Crippen LogP contribution in [0.1, 0.15) is 37.7 Å². The summed E-state index contributed by atoms with van der Waals surface area (Å²) in [6.07, 6.45) is 6.00. The van der Waals surface area contributed by atoms with Crippen LogP contribution in [-0.2, 0) is 6.54 Å². The van der Waals surface area contributed by atoms with Crippen LogP contribution in [0, 0.1) is 0 Å². The number of hydrogen-bond donors (Lipinski definition) is 1. The van der Waals surface area contributed by atoms with Gasteiger partial charge in [0.2, 0.25) is 5.88 Å². The van der Waals surface area contributed by atoms with Crippen LogP contribution in [0.5, 0.6) is 0 Å². The van der Waals surface area contributed by atoms with Crippen LogP contribution in [0.4, 0.5) is 16.4 Å². The van der Waals surface area contributed by atoms with E-state index in [-0.39, 0.29) is 6.03 Å². The highest BCUT2D eigenvalue weighted by molar-refractivity contribution is 6.30. The average molecular weight is 510 g/mol. The van der Waals surface area contributed by atoms with Crippen molar-refractivity contribution >= 4 is 29.2 Å². The molecule has 192 valence electrons. The van der Waals surface area contributed by atoms with Gasteiger partial charge >= 0.3 is 6.03 Å². The van der Waals surface area contributed by atoms with Crippen molar-refractivity contribution < 1.29 is 9.32 Å². The van der Waals surface area contributed by atoms with E-state index in [9.17, 15) is 4.79 Å². The fourth-order valence-electron chi connectivity index (χ4n) is 4.71. The van der Waals surface area contributed by atoms with Gasteiger partial charge in [0.15, 0.2) is 0 Å². The second-order valence-electron chi connectivity index (χ2n) is 9.75. The Morgan fingerprint density at radius 2 is 1.78 bits per heavy atom. The van der Waals surface area contributed by atoms with Crippen LogP contribution in [-0.4, -0.2) is 61.3 Å². The number of urea groups is 1. The molecule has 1 aliphatic carbocycles. The van der Waals surface area contributed by atoms with Crippen LogP contribution in [0.25, 0.3) is 11.3 Å². The molecule has 7 nitrogen and oxygen atoms in total. The molecule has 0 saturated heterocycles. The number of carbonyl (C=O) groups excluding carboxylic acids is 1. The number of aromatic nitrogens is 1. The van der Waals surface area contributed by atoms with Crippen molar-refractivity contribution in [1.29, 1.82) is 0 Å². The molecule has 3 aromatic rings. The molecule has 1 fully saturated rings. The lowest BCUT2D eigenvalue weighted by molar-refractivity contribution is 0.202. The number of hydrogen-bond acceptors (Lipinski definition) is 5. The number of amides is 2. The Labute approximate surface area is 219 Å². The molecule has 4 rings (SSSR count). The van der Waals surface area contributed by atoms with Gasteiger partial charge in [0.25, 0.3) is 0 Å². The van der Waals surface area contributed by atoms with E-state index in [0.717, 1.165) is 42.1 Å². The topological polar surface area (TPSA) is 64.9 Å². The van der Waals surface area contributed by atoms with Crippen molar-refractivity contribution in [2.45, 2.75) is 44.7 Å². The molecule has 2 aromatic carbocycles. The fraction of sp³-hybridized carbons (Fsp3) is 0.429. The average Bonchev–Trinajstić information content (AvgIpc) is 3.30. The van der Waals surface area contributed by atoms with Crippen LogP contribution < -0.4 is 10.2 Å². The van der Waals surface area contributed by atoms with Crippen LogP contribution in [0.15, 0.2) is 59.1 Å². The highest BCUT2D eigenvalue weighted by Gasteiger charge is 2.28. The smallest absolute Gasteiger partial charge is 0.322 e. The van der Waals surface area contributed by atoms with E-state index in [2.05, 4.69) is 27.3 Å². The van der Waals surface area contributed by atoms with E-state index in [1.807, 2.05) is 61.5 Å². The third kappa shape index (κ3) is 6.59. The van der Waals surface area contributed by atoms with E-state index in [0.29, 0.717) is 29.8 Å². The predicted molar refractivity (Wildman–Crippen MR) is 147 cm³/mol. The maximum absolute atomic E-state index is 13.5. The lowest BCUT2D eigenvalue weighted by Crippen LogP contribution is -2.40. The van der Waals surface area contributed by atoms with Gasteiger partial charge in [-0.25, -0.2) is 4.79 Å². The van der Waals surface area contributed by atoms with Crippen molar-refractivity contribution in [3.05, 3.63) is 65.2 Å². The summed E-state index contributed by atoms with van der Waals surface area (Å²) in [6, 6.07) is 17.5. The van der Waals surface area contributed by atoms with Gasteiger partial charge in [-0.3, -0.25) is 0 Å². The van der Waals surface area contributed by atoms with Gasteiger partial charge < -0.3 is 24.5 Å². The summed E-state index contributed by atoms with van der Waals surface area (Å²) >= 11 is 6.15. The lowest BCUT2D eigenvalue weighted by atomic mass is 9.94. The summed E-state index contributed by atoms with van der Waals surface area (Å²) in [5.41, 5.74) is 3.34. The minimum Gasteiger partial charge on any atom is -0.340 e. The Morgan fingerprint density at radius 3 is 2.47 bits per heavy atom. The van der Waals surface area contributed by atoms with Crippen LogP contribution in [0.2, 0.25) is 5.02 Å². The molecule has 0 atom stereocenters. The van der Waals surface area contributed by atoms with E-state index in [1.165, 1.54) is 19.3 Å². The van der Waals surface area contributed by atoms with Gasteiger partial charge in [-0.1, -0.05) is 72.4 Å². The molecule has 1 heterocycles. The molecule has 0 bridgehead atoms. The number of nitrogens with one attached hydrogen (secondary N) is 1. The molecule has 1 aliphatic rings. The summed E-state index contributed by atoms with van der Waals surface area (Å²) in [4.78, 5) is 19.6. The first-order valence-electron chi connectivity index (χ1n) is 12.7. The third-order valence-corrected chi connectivity index (χ3v) is 7.02. The van der Waals surface area contributed by atoms with Crippen LogP contribution >= 0.6 is 11.6 Å². The third-order valence-electron chi connectivity index (χ3n) is 6.79. The largest absolute Gasteiger partial charge is 0.340 e. The SMILES string of the molecule is CN(C)CCN(Cc1c(-c2ccccc2)noc1N(C)C1CCCCC1)C(=O)Nc1cccc(Cl)c1. The van der Waals surface area contributed by atoms with Crippen molar-refractivity contribution in [2.75, 3.05) is 44.4 Å². The summed E-state index contributed by atoms with van der Waals surface area (Å²) in [7, 11) is 6.10. The van der Waals surface area contributed by atoms with Gasteiger partial charge in [0.1, 0.15) is 5.69 Å². The molecular weight excluding hydrogens is 474 g/mol. The zero-order chi connectivity index (χ0) is 25.5. The zero-order valence-electron chi connectivity index (χ0n) is 21.4. The Morgan fingerprint density at radius 1 is 1.03 bits per heavy atom. The van der Waals surface area contributed by atoms with E-state index in [4.69, 9.17) is 16.1 Å². The Balaban J connectivity index is 1.66. The molecule has 0 spiro atoms. The first kappa shape index (κ1) is 26.0. The van der Waals surface area contributed by atoms with E-state index in [1.54, 1.807) is 12.1 Å². The predicted octanol–water partition coefficient (Wildman–Crippen LogP) is 6.36. The number of likely N-dealkylation sites (N-methyl/N-ethyl adjacent to an activating group) is 1. The maximum atomic E-state index is 13.5. The number of halogens is 1. The first-order chi connectivity index (χ1) is 17.4. The fourth-order valence-corrected chi connectivity index (χ4v) is 4.90. The number of benzene rings is 2. The maximum Gasteiger partial charge on any atom is 0.322 e. The summed E-state index contributed by atoms with van der Waals surface area (Å²) in [6.45, 7) is 1.65. The summed E-state index contributed by atoms with van der Waals surface area (Å²) < 4.78 is 6.00. The highest BCUT2D eigenvalue weighted by atomic mass is 35.5. The lowest BCUT2D eigenvalue weighted by Gasteiger charge is -2.32. The van der Waals surface area contributed by atoms with Crippen molar-refractivity contribution in [2.24, 2.45) is 0 Å². The molecule has 2 amide bonds. The molecule has 0 aliphatic heterocycles. The summed E-state index contributed by atoms with van der Waals surface area (Å²) in [5, 5.41) is 8.09. The molecule has 8 heteroatoms. The number of nitrogens with zero attached hydrogens (tertiary/aromatic N) is 4. The number of anilines is 2. The number of rotatable bonds is 9. The molecule has 0 radical (unpaired) electrons. The Hall–Kier alpha value is -3.03. The monoisotopic (exact) mass is 509 g/mol. The molecule has 1 saturated carbocycles. The minimum absolute atomic E-state index is 0.189. The van der Waals surface area contributed by atoms with Gasteiger partial charge in [-0.2, -0.15) is 0 Å². The van der Waals surface area contributed by atoms with Crippen LogP contribution in [0.3, 0.4) is 0 Å². The molecule has 1 N–H and O–H groups in total. The van der Waals surface area contributed by atoms with Crippen molar-refractivity contribution in [1.82, 2.24) is 15.0 Å². The number of carbonyl (C=O) groups is 1. The minimum atomic E-state index is -0.189. The van der Waals surface area contributed by atoms with Gasteiger partial charge in [0.05, 0.1) is 12.1 Å². The first-order valence-corrected chi connectivity index (χ1v) is 13.0. The summed E-state index contributed by atoms with van der Waals surface area (Å²) in [5.74, 6) is 0.742. The van der Waals surface area contributed by atoms with E-state index < -0.39 is 0 Å². The zero-order valence-corrected chi connectivity index (χ0v) is 22.2. The Kier molecular flexibility index (Phi) is 8.88. The molecule has 36 heavy (non-hydrogen) atoms. The highest BCUT2D eigenvalue weighted by Crippen LogP contribution is 2.35. The normalized spacial score (nSPS) is 14.1. The van der Waals surface area contributed by atoms with Crippen molar-refractivity contribution in [3.63, 3.8) is 0 Å². The second-order valence-corrected chi connectivity index (χ2v) is 10.2. The molecule has 1 aromatic heterocycles. The van der Waals surface area contributed by atoms with Gasteiger partial charge in [-0.05, 0) is 45.1 Å². The second kappa shape index (κ2) is 12.3. The quantitative estimate of drug-likeness (QED) is 0.363. The van der Waals surface area contributed by atoms with Crippen molar-refractivity contribution in [3.8, 4) is 11.3 Å². The Bertz CT molecular complexity index is 1130. The van der Waals surface area contributed by atoms with Gasteiger partial charge in [-0.15, -0.1) is 0 Å². The van der Waals surface area contributed by atoms with Gasteiger partial charge in [0, 0.05) is 42.5 Å².